The number of hydrogen-bond acceptors (Lipinski definition) is 5. The summed E-state index contributed by atoms with van der Waals surface area (Å²) in [5.74, 6) is 0.869. The second kappa shape index (κ2) is 7.54. The maximum Gasteiger partial charge on any atom is 0.218 e. The first-order valence-corrected chi connectivity index (χ1v) is 6.92. The van der Waals surface area contributed by atoms with Crippen molar-refractivity contribution >= 4 is 11.5 Å². The molecule has 1 heterocycles. The van der Waals surface area contributed by atoms with Gasteiger partial charge in [-0.25, -0.2) is 14.4 Å². The van der Waals surface area contributed by atoms with Crippen LogP contribution in [0.3, 0.4) is 0 Å². The van der Waals surface area contributed by atoms with Crippen molar-refractivity contribution in [3.05, 3.63) is 42.5 Å². The molecular formula is C15H19FN4O. The van der Waals surface area contributed by atoms with Crippen molar-refractivity contribution in [1.29, 1.82) is 0 Å². The highest BCUT2D eigenvalue weighted by Crippen LogP contribution is 2.26. The third-order valence-corrected chi connectivity index (χ3v) is 2.90. The molecule has 112 valence electrons. The Kier molecular flexibility index (Phi) is 5.45. The summed E-state index contributed by atoms with van der Waals surface area (Å²) in [5.41, 5.74) is 6.31. The minimum Gasteiger partial charge on any atom is -0.478 e. The van der Waals surface area contributed by atoms with Crippen molar-refractivity contribution in [2.45, 2.75) is 13.3 Å². The highest BCUT2D eigenvalue weighted by molar-refractivity contribution is 5.60. The Morgan fingerprint density at radius 2 is 2.14 bits per heavy atom. The molecule has 0 unspecified atom stereocenters. The van der Waals surface area contributed by atoms with E-state index in [1.54, 1.807) is 12.1 Å². The molecular weight excluding hydrogens is 271 g/mol. The van der Waals surface area contributed by atoms with Gasteiger partial charge in [0.2, 0.25) is 5.88 Å². The first-order valence-electron chi connectivity index (χ1n) is 6.92. The molecule has 0 saturated carbocycles. The third kappa shape index (κ3) is 4.13. The molecule has 6 heteroatoms. The maximum absolute atomic E-state index is 13.5. The van der Waals surface area contributed by atoms with Gasteiger partial charge >= 0.3 is 0 Å². The number of benzene rings is 1. The Morgan fingerprint density at radius 1 is 1.29 bits per heavy atom. The minimum atomic E-state index is -0.288. The lowest BCUT2D eigenvalue weighted by Crippen LogP contribution is -2.22. The molecule has 0 radical (unpaired) electrons. The number of aromatic nitrogens is 2. The first kappa shape index (κ1) is 15.2. The summed E-state index contributed by atoms with van der Waals surface area (Å²) >= 11 is 0. The van der Waals surface area contributed by atoms with E-state index in [-0.39, 0.29) is 5.82 Å². The van der Waals surface area contributed by atoms with Crippen LogP contribution in [0.25, 0.3) is 0 Å². The molecule has 0 atom stereocenters. The van der Waals surface area contributed by atoms with Crippen molar-refractivity contribution in [2.75, 3.05) is 24.6 Å². The number of anilines is 2. The molecule has 5 nitrogen and oxygen atoms in total. The molecule has 2 rings (SSSR count). The van der Waals surface area contributed by atoms with Gasteiger partial charge in [0.05, 0.1) is 6.61 Å². The van der Waals surface area contributed by atoms with Gasteiger partial charge in [-0.15, -0.1) is 0 Å². The normalized spacial score (nSPS) is 10.4. The van der Waals surface area contributed by atoms with Gasteiger partial charge in [-0.05, 0) is 38.1 Å². The molecule has 1 aromatic heterocycles. The zero-order chi connectivity index (χ0) is 15.1. The Labute approximate surface area is 123 Å². The highest BCUT2D eigenvalue weighted by Gasteiger charge is 2.12. The summed E-state index contributed by atoms with van der Waals surface area (Å²) in [5, 5.41) is 0. The van der Waals surface area contributed by atoms with Crippen molar-refractivity contribution in [3.8, 4) is 5.88 Å². The fraction of sp³-hybridized carbons (Fsp3) is 0.333. The summed E-state index contributed by atoms with van der Waals surface area (Å²) in [6.45, 7) is 3.61. The number of rotatable bonds is 7. The minimum absolute atomic E-state index is 0.288. The smallest absolute Gasteiger partial charge is 0.218 e. The lowest BCUT2D eigenvalue weighted by molar-refractivity contribution is 0.326. The van der Waals surface area contributed by atoms with Crippen LogP contribution >= 0.6 is 0 Å². The molecule has 0 aliphatic heterocycles. The summed E-state index contributed by atoms with van der Waals surface area (Å²) in [7, 11) is 0. The first-order chi connectivity index (χ1) is 10.2. The second-order valence-electron chi connectivity index (χ2n) is 4.42. The predicted molar refractivity (Wildman–Crippen MR) is 80.3 cm³/mol. The molecule has 1 aromatic carbocycles. The quantitative estimate of drug-likeness (QED) is 0.848. The molecule has 0 aliphatic rings. The SMILES string of the molecule is CCOc1cc(N(CCCN)c2cccc(F)c2)ncn1. The lowest BCUT2D eigenvalue weighted by atomic mass is 10.2. The van der Waals surface area contributed by atoms with Crippen molar-refractivity contribution in [2.24, 2.45) is 5.73 Å². The average Bonchev–Trinajstić information content (AvgIpc) is 2.49. The summed E-state index contributed by atoms with van der Waals surface area (Å²) in [4.78, 5) is 10.2. The zero-order valence-corrected chi connectivity index (χ0v) is 12.0. The van der Waals surface area contributed by atoms with E-state index in [0.29, 0.717) is 31.4 Å². The molecule has 2 N–H and O–H groups in total. The van der Waals surface area contributed by atoms with Gasteiger partial charge in [0.1, 0.15) is 18.0 Å². The van der Waals surface area contributed by atoms with E-state index in [2.05, 4.69) is 9.97 Å². The Bertz CT molecular complexity index is 579. The van der Waals surface area contributed by atoms with Crippen molar-refractivity contribution < 1.29 is 9.13 Å². The van der Waals surface area contributed by atoms with Gasteiger partial charge in [0.25, 0.3) is 0 Å². The molecule has 0 saturated heterocycles. The predicted octanol–water partition coefficient (Wildman–Crippen LogP) is 2.50. The largest absolute Gasteiger partial charge is 0.478 e. The molecule has 0 aliphatic carbocycles. The van der Waals surface area contributed by atoms with Gasteiger partial charge in [-0.3, -0.25) is 0 Å². The Balaban J connectivity index is 2.33. The van der Waals surface area contributed by atoms with Crippen molar-refractivity contribution in [3.63, 3.8) is 0 Å². The average molecular weight is 290 g/mol. The van der Waals surface area contributed by atoms with E-state index in [1.165, 1.54) is 18.5 Å². The van der Waals surface area contributed by atoms with Gasteiger partial charge in [0.15, 0.2) is 0 Å². The summed E-state index contributed by atoms with van der Waals surface area (Å²) in [6.07, 6.45) is 2.21. The summed E-state index contributed by atoms with van der Waals surface area (Å²) in [6, 6.07) is 8.13. The van der Waals surface area contributed by atoms with Gasteiger partial charge < -0.3 is 15.4 Å². The number of hydrogen-bond donors (Lipinski definition) is 1. The molecule has 2 aromatic rings. The van der Waals surface area contributed by atoms with E-state index in [4.69, 9.17) is 10.5 Å². The summed E-state index contributed by atoms with van der Waals surface area (Å²) < 4.78 is 18.8. The number of ether oxygens (including phenoxy) is 1. The van der Waals surface area contributed by atoms with Gasteiger partial charge in [-0.2, -0.15) is 0 Å². The fourth-order valence-electron chi connectivity index (χ4n) is 1.97. The molecule has 21 heavy (non-hydrogen) atoms. The van der Waals surface area contributed by atoms with Crippen LogP contribution in [0.15, 0.2) is 36.7 Å². The topological polar surface area (TPSA) is 64.3 Å². The second-order valence-corrected chi connectivity index (χ2v) is 4.42. The van der Waals surface area contributed by atoms with Gasteiger partial charge in [-0.1, -0.05) is 6.07 Å². The molecule has 0 amide bonds. The monoisotopic (exact) mass is 290 g/mol. The van der Waals surface area contributed by atoms with Crippen LogP contribution < -0.4 is 15.4 Å². The number of halogens is 1. The zero-order valence-electron chi connectivity index (χ0n) is 12.0. The van der Waals surface area contributed by atoms with Gasteiger partial charge in [0, 0.05) is 18.3 Å². The van der Waals surface area contributed by atoms with E-state index in [0.717, 1.165) is 12.1 Å². The van der Waals surface area contributed by atoms with Crippen molar-refractivity contribution in [1.82, 2.24) is 9.97 Å². The fourth-order valence-corrected chi connectivity index (χ4v) is 1.97. The number of nitrogens with two attached hydrogens (primary N) is 1. The lowest BCUT2D eigenvalue weighted by Gasteiger charge is -2.23. The number of nitrogens with zero attached hydrogens (tertiary/aromatic N) is 3. The molecule has 0 spiro atoms. The van der Waals surface area contributed by atoms with Crippen LogP contribution in [0, 0.1) is 5.82 Å². The van der Waals surface area contributed by atoms with E-state index in [9.17, 15) is 4.39 Å². The van der Waals surface area contributed by atoms with E-state index in [1.807, 2.05) is 17.9 Å². The van der Waals surface area contributed by atoms with E-state index < -0.39 is 0 Å². The van der Waals surface area contributed by atoms with Crippen LogP contribution in [0.4, 0.5) is 15.9 Å². The molecule has 0 bridgehead atoms. The van der Waals surface area contributed by atoms with Crippen LogP contribution in [0.5, 0.6) is 5.88 Å². The van der Waals surface area contributed by atoms with Crippen LogP contribution in [-0.4, -0.2) is 29.7 Å². The van der Waals surface area contributed by atoms with Crippen LogP contribution in [-0.2, 0) is 0 Å². The molecule has 0 fully saturated rings. The maximum atomic E-state index is 13.5. The standard InChI is InChI=1S/C15H19FN4O/c1-2-21-15-10-14(18-11-19-15)20(8-4-7-17)13-6-3-5-12(16)9-13/h3,5-6,9-11H,2,4,7-8,17H2,1H3. The third-order valence-electron chi connectivity index (χ3n) is 2.90. The Hall–Kier alpha value is -2.21. The van der Waals surface area contributed by atoms with Crippen LogP contribution in [0.2, 0.25) is 0 Å². The van der Waals surface area contributed by atoms with E-state index >= 15 is 0 Å². The van der Waals surface area contributed by atoms with Crippen LogP contribution in [0.1, 0.15) is 13.3 Å². The highest BCUT2D eigenvalue weighted by atomic mass is 19.1. The Morgan fingerprint density at radius 3 is 2.86 bits per heavy atom.